The molecule has 0 spiro atoms. The normalized spacial score (nSPS) is 16.9. The van der Waals surface area contributed by atoms with Gasteiger partial charge in [-0.1, -0.05) is 46.6 Å². The average molecular weight is 442 g/mol. The highest BCUT2D eigenvalue weighted by molar-refractivity contribution is 6.31. The van der Waals surface area contributed by atoms with Gasteiger partial charge in [-0.05, 0) is 32.4 Å². The molecule has 0 saturated carbocycles. The first kappa shape index (κ1) is 21.3. The summed E-state index contributed by atoms with van der Waals surface area (Å²) in [6.07, 6.45) is 3.22. The van der Waals surface area contributed by atoms with E-state index in [1.165, 1.54) is 11.6 Å². The maximum atomic E-state index is 12.9. The van der Waals surface area contributed by atoms with Crippen molar-refractivity contribution >= 4 is 23.6 Å². The molecule has 1 atom stereocenters. The number of aryl methyl sites for hydroxylation is 3. The van der Waals surface area contributed by atoms with E-state index in [0.29, 0.717) is 43.2 Å². The van der Waals surface area contributed by atoms with E-state index in [4.69, 9.17) is 20.9 Å². The first-order valence-corrected chi connectivity index (χ1v) is 10.4. The molecule has 1 unspecified atom stereocenters. The number of nitrogens with zero attached hydrogens (tertiary/aromatic N) is 5. The Balaban J connectivity index is 1.51. The van der Waals surface area contributed by atoms with Crippen LogP contribution >= 0.6 is 11.6 Å². The van der Waals surface area contributed by atoms with E-state index >= 15 is 0 Å². The van der Waals surface area contributed by atoms with Crippen molar-refractivity contribution in [2.24, 2.45) is 0 Å². The molecule has 1 saturated heterocycles. The minimum absolute atomic E-state index is 0.175. The number of carbonyl (C=O) groups excluding carboxylic acids is 1. The maximum absolute atomic E-state index is 12.9. The monoisotopic (exact) mass is 441 g/mol. The van der Waals surface area contributed by atoms with Crippen molar-refractivity contribution in [1.82, 2.24) is 24.8 Å². The van der Waals surface area contributed by atoms with Crippen molar-refractivity contribution in [3.8, 4) is 0 Å². The molecule has 0 N–H and O–H groups in total. The summed E-state index contributed by atoms with van der Waals surface area (Å²) in [5.41, 5.74) is 3.78. The second kappa shape index (κ2) is 9.03. The predicted molar refractivity (Wildman–Crippen MR) is 116 cm³/mol. The Labute approximate surface area is 185 Å². The minimum atomic E-state index is -0.409. The number of halogens is 1. The fraction of sp³-hybridized carbons (Fsp3) is 0.364. The number of ether oxygens (including phenoxy) is 1. The summed E-state index contributed by atoms with van der Waals surface area (Å²) in [5.74, 6) is 0.719. The molecule has 31 heavy (non-hydrogen) atoms. The zero-order valence-corrected chi connectivity index (χ0v) is 18.5. The van der Waals surface area contributed by atoms with Crippen LogP contribution in [-0.4, -0.2) is 50.5 Å². The highest BCUT2D eigenvalue weighted by Gasteiger charge is 2.31. The van der Waals surface area contributed by atoms with Crippen LogP contribution in [0.5, 0.6) is 0 Å². The highest BCUT2D eigenvalue weighted by Crippen LogP contribution is 2.25. The molecule has 3 heterocycles. The molecule has 0 aliphatic carbocycles. The van der Waals surface area contributed by atoms with E-state index in [-0.39, 0.29) is 5.91 Å². The number of rotatable bonds is 5. The summed E-state index contributed by atoms with van der Waals surface area (Å²) < 4.78 is 12.5. The van der Waals surface area contributed by atoms with Crippen molar-refractivity contribution in [3.63, 3.8) is 0 Å². The van der Waals surface area contributed by atoms with Gasteiger partial charge in [0.25, 0.3) is 5.89 Å². The molecule has 0 bridgehead atoms. The summed E-state index contributed by atoms with van der Waals surface area (Å²) in [6, 6.07) is 7.82. The van der Waals surface area contributed by atoms with Gasteiger partial charge >= 0.3 is 0 Å². The Morgan fingerprint density at radius 3 is 2.74 bits per heavy atom. The molecule has 1 aromatic carbocycles. The molecule has 8 nitrogen and oxygen atoms in total. The van der Waals surface area contributed by atoms with Crippen LogP contribution in [0.4, 0.5) is 0 Å². The number of hydrogen-bond donors (Lipinski definition) is 0. The van der Waals surface area contributed by atoms with Crippen LogP contribution in [0.1, 0.15) is 40.1 Å². The Bertz CT molecular complexity index is 1100. The number of morpholine rings is 1. The fourth-order valence-electron chi connectivity index (χ4n) is 3.50. The van der Waals surface area contributed by atoms with Gasteiger partial charge in [0.1, 0.15) is 11.2 Å². The lowest BCUT2D eigenvalue weighted by molar-refractivity contribution is -0.135. The number of amides is 1. The van der Waals surface area contributed by atoms with Gasteiger partial charge in [0.15, 0.2) is 5.82 Å². The smallest absolute Gasteiger partial charge is 0.251 e. The SMILES string of the molecule is Cc1ccc(Cn2nc(C)c(C=CC(=O)N3CCOCC3c3nc(C)no3)c2Cl)cc1. The molecule has 1 fully saturated rings. The third-order valence-corrected chi connectivity index (χ3v) is 5.59. The Kier molecular flexibility index (Phi) is 6.20. The van der Waals surface area contributed by atoms with Crippen LogP contribution in [0.25, 0.3) is 6.08 Å². The maximum Gasteiger partial charge on any atom is 0.251 e. The molecular weight excluding hydrogens is 418 g/mol. The molecule has 1 aliphatic rings. The number of hydrogen-bond acceptors (Lipinski definition) is 6. The van der Waals surface area contributed by atoms with E-state index in [9.17, 15) is 4.79 Å². The van der Waals surface area contributed by atoms with Gasteiger partial charge in [-0.25, -0.2) is 4.68 Å². The molecule has 9 heteroatoms. The summed E-state index contributed by atoms with van der Waals surface area (Å²) in [4.78, 5) is 18.9. The van der Waals surface area contributed by atoms with Gasteiger partial charge in [0, 0.05) is 18.2 Å². The van der Waals surface area contributed by atoms with Crippen molar-refractivity contribution in [2.45, 2.75) is 33.4 Å². The van der Waals surface area contributed by atoms with Gasteiger partial charge in [-0.3, -0.25) is 4.79 Å². The van der Waals surface area contributed by atoms with Gasteiger partial charge in [-0.15, -0.1) is 0 Å². The van der Waals surface area contributed by atoms with E-state index in [0.717, 1.165) is 16.8 Å². The standard InChI is InChI=1S/C22H24ClN5O3/c1-14-4-6-17(7-5-14)12-28-21(23)18(15(2)25-28)8-9-20(29)27-10-11-30-13-19(27)22-24-16(3)26-31-22/h4-9,19H,10-13H2,1-3H3. The second-order valence-corrected chi connectivity index (χ2v) is 7.93. The van der Waals surface area contributed by atoms with Crippen molar-refractivity contribution in [2.75, 3.05) is 19.8 Å². The van der Waals surface area contributed by atoms with E-state index in [1.807, 2.05) is 13.8 Å². The van der Waals surface area contributed by atoms with Crippen LogP contribution in [0.2, 0.25) is 5.15 Å². The van der Waals surface area contributed by atoms with Crippen molar-refractivity contribution < 1.29 is 14.1 Å². The van der Waals surface area contributed by atoms with E-state index in [2.05, 4.69) is 39.5 Å². The number of carbonyl (C=O) groups is 1. The quantitative estimate of drug-likeness (QED) is 0.563. The van der Waals surface area contributed by atoms with Crippen LogP contribution in [0, 0.1) is 20.8 Å². The van der Waals surface area contributed by atoms with Gasteiger partial charge in [0.2, 0.25) is 5.91 Å². The molecule has 0 radical (unpaired) electrons. The molecule has 162 valence electrons. The average Bonchev–Trinajstić information content (AvgIpc) is 3.31. The largest absolute Gasteiger partial charge is 0.377 e. The lowest BCUT2D eigenvalue weighted by atomic mass is 10.1. The molecule has 2 aromatic heterocycles. The van der Waals surface area contributed by atoms with Crippen molar-refractivity contribution in [3.05, 3.63) is 69.6 Å². The number of benzene rings is 1. The molecule has 1 amide bonds. The predicted octanol–water partition coefficient (Wildman–Crippen LogP) is 3.51. The topological polar surface area (TPSA) is 86.3 Å². The first-order chi connectivity index (χ1) is 14.9. The van der Waals surface area contributed by atoms with Gasteiger partial charge < -0.3 is 14.2 Å². The lowest BCUT2D eigenvalue weighted by Gasteiger charge is -2.32. The lowest BCUT2D eigenvalue weighted by Crippen LogP contribution is -2.42. The van der Waals surface area contributed by atoms with Crippen LogP contribution in [0.15, 0.2) is 34.9 Å². The van der Waals surface area contributed by atoms with E-state index in [1.54, 1.807) is 22.6 Å². The summed E-state index contributed by atoms with van der Waals surface area (Å²) >= 11 is 6.58. The van der Waals surface area contributed by atoms with Gasteiger partial charge in [0.05, 0.1) is 25.5 Å². The summed E-state index contributed by atoms with van der Waals surface area (Å²) in [7, 11) is 0. The Hall–Kier alpha value is -2.97. The Morgan fingerprint density at radius 2 is 2.03 bits per heavy atom. The minimum Gasteiger partial charge on any atom is -0.377 e. The molecular formula is C22H24ClN5O3. The van der Waals surface area contributed by atoms with Crippen LogP contribution < -0.4 is 0 Å². The second-order valence-electron chi connectivity index (χ2n) is 7.57. The zero-order chi connectivity index (χ0) is 22.0. The first-order valence-electron chi connectivity index (χ1n) is 10.1. The van der Waals surface area contributed by atoms with Gasteiger partial charge in [-0.2, -0.15) is 10.1 Å². The summed E-state index contributed by atoms with van der Waals surface area (Å²) in [5, 5.41) is 8.85. The van der Waals surface area contributed by atoms with Crippen molar-refractivity contribution in [1.29, 1.82) is 0 Å². The zero-order valence-electron chi connectivity index (χ0n) is 17.7. The fourth-order valence-corrected chi connectivity index (χ4v) is 3.80. The Morgan fingerprint density at radius 1 is 1.26 bits per heavy atom. The van der Waals surface area contributed by atoms with E-state index < -0.39 is 6.04 Å². The molecule has 1 aliphatic heterocycles. The third kappa shape index (κ3) is 4.70. The third-order valence-electron chi connectivity index (χ3n) is 5.19. The molecule has 4 rings (SSSR count). The van der Waals surface area contributed by atoms with Crippen LogP contribution in [0.3, 0.4) is 0 Å². The highest BCUT2D eigenvalue weighted by atomic mass is 35.5. The number of aromatic nitrogens is 4. The van der Waals surface area contributed by atoms with Crippen LogP contribution in [-0.2, 0) is 16.1 Å². The summed E-state index contributed by atoms with van der Waals surface area (Å²) in [6.45, 7) is 7.43. The molecule has 3 aromatic rings.